The molecule has 1 unspecified atom stereocenters. The summed E-state index contributed by atoms with van der Waals surface area (Å²) >= 11 is 2.19. The lowest BCUT2D eigenvalue weighted by molar-refractivity contribution is -0.137. The van der Waals surface area contributed by atoms with Crippen molar-refractivity contribution in [1.82, 2.24) is 4.90 Å². The summed E-state index contributed by atoms with van der Waals surface area (Å²) in [5.41, 5.74) is 0. The van der Waals surface area contributed by atoms with Gasteiger partial charge in [-0.05, 0) is 32.2 Å². The first-order chi connectivity index (χ1) is 8.74. The van der Waals surface area contributed by atoms with Crippen LogP contribution >= 0.6 is 11.8 Å². The molecular formula is C14H25NO2S. The van der Waals surface area contributed by atoms with Crippen LogP contribution in [0.2, 0.25) is 0 Å². The second-order valence-corrected chi connectivity index (χ2v) is 7.21. The lowest BCUT2D eigenvalue weighted by Gasteiger charge is -2.34. The molecule has 1 saturated carbocycles. The van der Waals surface area contributed by atoms with Gasteiger partial charge in [0.15, 0.2) is 0 Å². The first kappa shape index (κ1) is 14.2. The zero-order valence-corrected chi connectivity index (χ0v) is 12.0. The topological polar surface area (TPSA) is 40.5 Å². The molecule has 1 N–H and O–H groups in total. The number of nitrogens with zero attached hydrogens (tertiary/aromatic N) is 1. The molecule has 104 valence electrons. The molecule has 0 aromatic heterocycles. The van der Waals surface area contributed by atoms with E-state index in [1.165, 1.54) is 44.9 Å². The van der Waals surface area contributed by atoms with Gasteiger partial charge in [-0.1, -0.05) is 19.3 Å². The lowest BCUT2D eigenvalue weighted by atomic mass is 10.0. The summed E-state index contributed by atoms with van der Waals surface area (Å²) in [6.07, 6.45) is 9.90. The highest BCUT2D eigenvalue weighted by molar-refractivity contribution is 8.00. The van der Waals surface area contributed by atoms with Gasteiger partial charge < -0.3 is 10.0 Å². The highest BCUT2D eigenvalue weighted by Gasteiger charge is 2.24. The van der Waals surface area contributed by atoms with Crippen LogP contribution < -0.4 is 0 Å². The van der Waals surface area contributed by atoms with Crippen LogP contribution in [-0.4, -0.2) is 46.1 Å². The van der Waals surface area contributed by atoms with Crippen molar-refractivity contribution in [3.8, 4) is 0 Å². The number of carboxylic acids is 1. The van der Waals surface area contributed by atoms with E-state index in [4.69, 9.17) is 5.11 Å². The molecule has 1 aliphatic heterocycles. The fourth-order valence-corrected chi connectivity index (χ4v) is 4.80. The minimum Gasteiger partial charge on any atom is -0.481 e. The van der Waals surface area contributed by atoms with Gasteiger partial charge >= 0.3 is 5.97 Å². The molecule has 0 spiro atoms. The van der Waals surface area contributed by atoms with E-state index >= 15 is 0 Å². The van der Waals surface area contributed by atoms with E-state index in [1.54, 1.807) is 0 Å². The summed E-state index contributed by atoms with van der Waals surface area (Å²) in [6, 6.07) is 0. The Balaban J connectivity index is 1.70. The Morgan fingerprint density at radius 1 is 1.11 bits per heavy atom. The molecule has 0 aromatic rings. The lowest BCUT2D eigenvalue weighted by Crippen LogP contribution is -2.39. The van der Waals surface area contributed by atoms with Crippen LogP contribution in [0.4, 0.5) is 0 Å². The summed E-state index contributed by atoms with van der Waals surface area (Å²) in [4.78, 5) is 13.0. The van der Waals surface area contributed by atoms with Gasteiger partial charge in [0, 0.05) is 23.6 Å². The van der Waals surface area contributed by atoms with Crippen molar-refractivity contribution < 1.29 is 9.90 Å². The summed E-state index contributed by atoms with van der Waals surface area (Å²) in [6.45, 7) is 2.93. The molecule has 4 heteroatoms. The summed E-state index contributed by atoms with van der Waals surface area (Å²) < 4.78 is 0. The molecule has 18 heavy (non-hydrogen) atoms. The van der Waals surface area contributed by atoms with Gasteiger partial charge in [0.25, 0.3) is 0 Å². The first-order valence-electron chi connectivity index (χ1n) is 7.33. The number of hydrogen-bond acceptors (Lipinski definition) is 3. The molecule has 1 atom stereocenters. The second-order valence-electron chi connectivity index (χ2n) is 5.60. The normalized spacial score (nSPS) is 27.2. The van der Waals surface area contributed by atoms with Crippen molar-refractivity contribution >= 4 is 17.7 Å². The minimum atomic E-state index is -0.669. The van der Waals surface area contributed by atoms with Gasteiger partial charge in [0.2, 0.25) is 0 Å². The van der Waals surface area contributed by atoms with E-state index in [0.29, 0.717) is 6.42 Å². The smallest absolute Gasteiger partial charge is 0.304 e. The number of hydrogen-bond donors (Lipinski definition) is 1. The number of carbonyl (C=O) groups is 1. The van der Waals surface area contributed by atoms with Gasteiger partial charge in [0.05, 0.1) is 6.42 Å². The SMILES string of the molecule is O=C(O)CCN1CCCC(SC2CCCCC2)C1. The zero-order valence-electron chi connectivity index (χ0n) is 11.1. The van der Waals surface area contributed by atoms with E-state index in [1.807, 2.05) is 0 Å². The average Bonchev–Trinajstić information content (AvgIpc) is 2.38. The highest BCUT2D eigenvalue weighted by Crippen LogP contribution is 2.34. The number of piperidine rings is 1. The van der Waals surface area contributed by atoms with Crippen molar-refractivity contribution in [3.05, 3.63) is 0 Å². The molecule has 0 amide bonds. The number of likely N-dealkylation sites (tertiary alicyclic amines) is 1. The quantitative estimate of drug-likeness (QED) is 0.834. The van der Waals surface area contributed by atoms with Crippen LogP contribution in [0, 0.1) is 0 Å². The zero-order chi connectivity index (χ0) is 12.8. The van der Waals surface area contributed by atoms with Gasteiger partial charge in [-0.2, -0.15) is 11.8 Å². The Morgan fingerprint density at radius 3 is 2.56 bits per heavy atom. The van der Waals surface area contributed by atoms with Crippen molar-refractivity contribution in [2.75, 3.05) is 19.6 Å². The molecule has 1 aliphatic carbocycles. The molecule has 2 rings (SSSR count). The fourth-order valence-electron chi connectivity index (χ4n) is 3.05. The molecule has 0 radical (unpaired) electrons. The maximum Gasteiger partial charge on any atom is 0.304 e. The monoisotopic (exact) mass is 271 g/mol. The largest absolute Gasteiger partial charge is 0.481 e. The second kappa shape index (κ2) is 7.39. The standard InChI is InChI=1S/C14H25NO2S/c16-14(17)8-10-15-9-4-7-13(11-15)18-12-5-2-1-3-6-12/h12-13H,1-11H2,(H,16,17). The summed E-state index contributed by atoms with van der Waals surface area (Å²) in [5.74, 6) is -0.669. The van der Waals surface area contributed by atoms with E-state index < -0.39 is 5.97 Å². The molecule has 2 fully saturated rings. The molecule has 0 aromatic carbocycles. The minimum absolute atomic E-state index is 0.292. The Hall–Kier alpha value is -0.220. The van der Waals surface area contributed by atoms with Gasteiger partial charge in [0.1, 0.15) is 0 Å². The number of carboxylic acid groups (broad SMARTS) is 1. The summed E-state index contributed by atoms with van der Waals surface area (Å²) in [7, 11) is 0. The Kier molecular flexibility index (Phi) is 5.83. The van der Waals surface area contributed by atoms with Crippen LogP contribution in [0.5, 0.6) is 0 Å². The molecule has 3 nitrogen and oxygen atoms in total. The van der Waals surface area contributed by atoms with Crippen LogP contribution in [0.25, 0.3) is 0 Å². The fraction of sp³-hybridized carbons (Fsp3) is 0.929. The maximum absolute atomic E-state index is 10.6. The van der Waals surface area contributed by atoms with Crippen LogP contribution in [0.15, 0.2) is 0 Å². The third kappa shape index (κ3) is 4.81. The van der Waals surface area contributed by atoms with Gasteiger partial charge in [-0.25, -0.2) is 0 Å². The Bertz CT molecular complexity index is 267. The first-order valence-corrected chi connectivity index (χ1v) is 8.28. The van der Waals surface area contributed by atoms with E-state index in [0.717, 1.165) is 30.1 Å². The van der Waals surface area contributed by atoms with Crippen LogP contribution in [0.1, 0.15) is 51.4 Å². The predicted octanol–water partition coefficient (Wildman–Crippen LogP) is 2.99. The molecular weight excluding hydrogens is 246 g/mol. The van der Waals surface area contributed by atoms with E-state index in [-0.39, 0.29) is 0 Å². The van der Waals surface area contributed by atoms with Crippen molar-refractivity contribution in [2.45, 2.75) is 61.9 Å². The molecule has 0 bridgehead atoms. The third-order valence-corrected chi connectivity index (χ3v) is 5.67. The van der Waals surface area contributed by atoms with Crippen molar-refractivity contribution in [1.29, 1.82) is 0 Å². The maximum atomic E-state index is 10.6. The molecule has 1 heterocycles. The average molecular weight is 271 g/mol. The number of thioether (sulfide) groups is 1. The van der Waals surface area contributed by atoms with E-state index in [9.17, 15) is 4.79 Å². The third-order valence-electron chi connectivity index (χ3n) is 4.04. The van der Waals surface area contributed by atoms with Crippen molar-refractivity contribution in [3.63, 3.8) is 0 Å². The summed E-state index contributed by atoms with van der Waals surface area (Å²) in [5, 5.41) is 10.4. The van der Waals surface area contributed by atoms with Gasteiger partial charge in [-0.3, -0.25) is 4.79 Å². The van der Waals surface area contributed by atoms with Gasteiger partial charge in [-0.15, -0.1) is 0 Å². The predicted molar refractivity (Wildman–Crippen MR) is 76.2 cm³/mol. The van der Waals surface area contributed by atoms with Crippen LogP contribution in [-0.2, 0) is 4.79 Å². The number of aliphatic carboxylic acids is 1. The molecule has 2 aliphatic rings. The molecule has 1 saturated heterocycles. The Labute approximate surface area is 114 Å². The van der Waals surface area contributed by atoms with E-state index in [2.05, 4.69) is 16.7 Å². The number of rotatable bonds is 5. The highest BCUT2D eigenvalue weighted by atomic mass is 32.2. The van der Waals surface area contributed by atoms with Crippen LogP contribution in [0.3, 0.4) is 0 Å². The van der Waals surface area contributed by atoms with Crippen molar-refractivity contribution in [2.24, 2.45) is 0 Å². The Morgan fingerprint density at radius 2 is 1.83 bits per heavy atom.